The van der Waals surface area contributed by atoms with E-state index in [9.17, 15) is 4.79 Å². The molecule has 0 atom stereocenters. The molecule has 0 N–H and O–H groups in total. The normalized spacial score (nSPS) is 20.5. The molecule has 1 aromatic carbocycles. The van der Waals surface area contributed by atoms with Gasteiger partial charge in [0.25, 0.3) is 0 Å². The van der Waals surface area contributed by atoms with Crippen LogP contribution in [0.2, 0.25) is 0 Å². The van der Waals surface area contributed by atoms with Gasteiger partial charge in [-0.3, -0.25) is 4.79 Å². The molecule has 3 rings (SSSR count). The average Bonchev–Trinajstić information content (AvgIpc) is 2.35. The van der Waals surface area contributed by atoms with Crippen molar-refractivity contribution in [3.8, 4) is 0 Å². The van der Waals surface area contributed by atoms with E-state index in [1.807, 2.05) is 38.1 Å². The van der Waals surface area contributed by atoms with Gasteiger partial charge in [-0.1, -0.05) is 55.2 Å². The summed E-state index contributed by atoms with van der Waals surface area (Å²) in [6.07, 6.45) is 1.60. The van der Waals surface area contributed by atoms with Crippen LogP contribution in [0, 0.1) is 0 Å². The molecule has 1 aliphatic carbocycles. The smallest absolute Gasteiger partial charge is 0.216 e. The van der Waals surface area contributed by atoms with Crippen molar-refractivity contribution in [2.24, 2.45) is 4.99 Å². The molecular weight excluding hydrogens is 281 g/mol. The fraction of sp³-hybridized carbons (Fsp3) is 0.200. The van der Waals surface area contributed by atoms with Gasteiger partial charge in [-0.2, -0.15) is 0 Å². The Bertz CT molecular complexity index is 696. The maximum atomic E-state index is 11.9. The minimum Gasteiger partial charge on any atom is -0.287 e. The van der Waals surface area contributed by atoms with Crippen LogP contribution in [0.5, 0.6) is 0 Å². The van der Waals surface area contributed by atoms with Crippen molar-refractivity contribution in [1.29, 1.82) is 0 Å². The SMILES string of the molecule is CC1(C)C2=C(Cl)C(=O)C(Cl)=CC2=Nc2ccccc21. The van der Waals surface area contributed by atoms with Gasteiger partial charge in [0, 0.05) is 11.0 Å². The number of ketones is 1. The van der Waals surface area contributed by atoms with Gasteiger partial charge >= 0.3 is 0 Å². The summed E-state index contributed by atoms with van der Waals surface area (Å²) in [4.78, 5) is 16.5. The fourth-order valence-corrected chi connectivity index (χ4v) is 3.32. The Hall–Kier alpha value is -1.38. The van der Waals surface area contributed by atoms with E-state index in [1.165, 1.54) is 0 Å². The largest absolute Gasteiger partial charge is 0.287 e. The Morgan fingerprint density at radius 2 is 1.84 bits per heavy atom. The summed E-state index contributed by atoms with van der Waals surface area (Å²) in [5.74, 6) is -0.329. The van der Waals surface area contributed by atoms with Crippen molar-refractivity contribution < 1.29 is 4.79 Å². The van der Waals surface area contributed by atoms with Crippen LogP contribution in [-0.2, 0) is 10.2 Å². The first kappa shape index (κ1) is 12.6. The quantitative estimate of drug-likeness (QED) is 0.657. The summed E-state index contributed by atoms with van der Waals surface area (Å²) >= 11 is 12.1. The van der Waals surface area contributed by atoms with Gasteiger partial charge < -0.3 is 0 Å². The number of benzene rings is 1. The Morgan fingerprint density at radius 3 is 2.58 bits per heavy atom. The molecule has 0 amide bonds. The standard InChI is InChI=1S/C15H11Cl2NO/c1-15(2)8-5-3-4-6-10(8)18-11-7-9(16)14(19)13(17)12(11)15/h3-7H,1-2H3. The van der Waals surface area contributed by atoms with E-state index in [2.05, 4.69) is 4.99 Å². The predicted molar refractivity (Wildman–Crippen MR) is 78.4 cm³/mol. The summed E-state index contributed by atoms with van der Waals surface area (Å²) in [7, 11) is 0. The summed E-state index contributed by atoms with van der Waals surface area (Å²) < 4.78 is 0. The van der Waals surface area contributed by atoms with E-state index < -0.39 is 0 Å². The molecule has 4 heteroatoms. The molecule has 0 fully saturated rings. The molecule has 0 saturated heterocycles. The topological polar surface area (TPSA) is 29.4 Å². The highest BCUT2D eigenvalue weighted by atomic mass is 35.5. The van der Waals surface area contributed by atoms with Gasteiger partial charge in [0.05, 0.1) is 21.5 Å². The van der Waals surface area contributed by atoms with Crippen molar-refractivity contribution in [3.05, 3.63) is 51.5 Å². The van der Waals surface area contributed by atoms with Crippen LogP contribution in [0.4, 0.5) is 5.69 Å². The first-order valence-electron chi connectivity index (χ1n) is 5.93. The van der Waals surface area contributed by atoms with Gasteiger partial charge in [0.15, 0.2) is 0 Å². The fourth-order valence-electron chi connectivity index (χ4n) is 2.64. The van der Waals surface area contributed by atoms with Gasteiger partial charge in [-0.25, -0.2) is 4.99 Å². The Labute approximate surface area is 121 Å². The van der Waals surface area contributed by atoms with Crippen LogP contribution in [0.1, 0.15) is 19.4 Å². The summed E-state index contributed by atoms with van der Waals surface area (Å²) in [5.41, 5.74) is 3.02. The third-order valence-electron chi connectivity index (χ3n) is 3.60. The monoisotopic (exact) mass is 291 g/mol. The number of Topliss-reactive ketones (excluding diaryl/α,β-unsaturated/α-hetero) is 1. The molecule has 1 aromatic rings. The molecule has 1 aliphatic heterocycles. The maximum Gasteiger partial charge on any atom is 0.216 e. The first-order chi connectivity index (χ1) is 8.93. The zero-order valence-corrected chi connectivity index (χ0v) is 12.0. The van der Waals surface area contributed by atoms with E-state index in [0.29, 0.717) is 5.71 Å². The van der Waals surface area contributed by atoms with Crippen molar-refractivity contribution >= 4 is 40.4 Å². The van der Waals surface area contributed by atoms with Gasteiger partial charge in [-0.15, -0.1) is 0 Å². The third kappa shape index (κ3) is 1.71. The Balaban J connectivity index is 2.36. The van der Waals surface area contributed by atoms with Crippen LogP contribution < -0.4 is 0 Å². The number of nitrogens with zero attached hydrogens (tertiary/aromatic N) is 1. The Kier molecular flexibility index (Phi) is 2.70. The van der Waals surface area contributed by atoms with Gasteiger partial charge in [-0.05, 0) is 17.7 Å². The number of carbonyl (C=O) groups excluding carboxylic acids is 1. The van der Waals surface area contributed by atoms with Crippen molar-refractivity contribution in [3.63, 3.8) is 0 Å². The van der Waals surface area contributed by atoms with Crippen LogP contribution >= 0.6 is 23.2 Å². The molecule has 0 unspecified atom stereocenters. The van der Waals surface area contributed by atoms with E-state index >= 15 is 0 Å². The van der Waals surface area contributed by atoms with Crippen LogP contribution in [0.15, 0.2) is 51.0 Å². The third-order valence-corrected chi connectivity index (χ3v) is 4.24. The number of carbonyl (C=O) groups is 1. The number of rotatable bonds is 0. The number of halogens is 2. The molecule has 0 aromatic heterocycles. The second-order valence-corrected chi connectivity index (χ2v) is 5.93. The summed E-state index contributed by atoms with van der Waals surface area (Å²) in [6.45, 7) is 4.08. The Morgan fingerprint density at radius 1 is 1.16 bits per heavy atom. The van der Waals surface area contributed by atoms with Crippen molar-refractivity contribution in [2.75, 3.05) is 0 Å². The van der Waals surface area contributed by atoms with Crippen LogP contribution in [0.3, 0.4) is 0 Å². The maximum absolute atomic E-state index is 11.9. The highest BCUT2D eigenvalue weighted by Gasteiger charge is 2.39. The second kappa shape index (κ2) is 4.06. The zero-order chi connectivity index (χ0) is 13.8. The zero-order valence-electron chi connectivity index (χ0n) is 10.5. The molecule has 0 radical (unpaired) electrons. The first-order valence-corrected chi connectivity index (χ1v) is 6.69. The van der Waals surface area contributed by atoms with E-state index in [-0.39, 0.29) is 21.3 Å². The number of fused-ring (bicyclic) bond motifs is 2. The highest BCUT2D eigenvalue weighted by Crippen LogP contribution is 2.46. The molecule has 2 aliphatic rings. The van der Waals surface area contributed by atoms with Crippen molar-refractivity contribution in [2.45, 2.75) is 19.3 Å². The summed E-state index contributed by atoms with van der Waals surface area (Å²) in [6, 6.07) is 7.86. The number of para-hydroxylation sites is 1. The number of allylic oxidation sites excluding steroid dienone is 4. The number of hydrogen-bond acceptors (Lipinski definition) is 2. The highest BCUT2D eigenvalue weighted by molar-refractivity contribution is 6.58. The van der Waals surface area contributed by atoms with Gasteiger partial charge in [0.1, 0.15) is 0 Å². The summed E-state index contributed by atoms with van der Waals surface area (Å²) in [5, 5.41) is 0.286. The number of hydrogen-bond donors (Lipinski definition) is 0. The van der Waals surface area contributed by atoms with Crippen LogP contribution in [0.25, 0.3) is 0 Å². The molecule has 1 heterocycles. The van der Waals surface area contributed by atoms with Gasteiger partial charge in [0.2, 0.25) is 5.78 Å². The van der Waals surface area contributed by atoms with E-state index in [1.54, 1.807) is 6.08 Å². The second-order valence-electron chi connectivity index (χ2n) is 5.15. The molecule has 96 valence electrons. The van der Waals surface area contributed by atoms with E-state index in [0.717, 1.165) is 16.8 Å². The molecule has 0 bridgehead atoms. The minimum absolute atomic E-state index is 0.114. The lowest BCUT2D eigenvalue weighted by Gasteiger charge is -2.35. The lowest BCUT2D eigenvalue weighted by Crippen LogP contribution is -2.32. The molecule has 19 heavy (non-hydrogen) atoms. The number of aliphatic imine (C=N–C) groups is 1. The van der Waals surface area contributed by atoms with Crippen molar-refractivity contribution in [1.82, 2.24) is 0 Å². The molecule has 0 saturated carbocycles. The molecular formula is C15H11Cl2NO. The molecule has 0 spiro atoms. The average molecular weight is 292 g/mol. The van der Waals surface area contributed by atoms with Crippen LogP contribution in [-0.4, -0.2) is 11.5 Å². The minimum atomic E-state index is -0.367. The van der Waals surface area contributed by atoms with E-state index in [4.69, 9.17) is 23.2 Å². The predicted octanol–water partition coefficient (Wildman–Crippen LogP) is 4.25. The lowest BCUT2D eigenvalue weighted by atomic mass is 9.71. The molecule has 2 nitrogen and oxygen atoms in total. The lowest BCUT2D eigenvalue weighted by molar-refractivity contribution is -0.111.